The lowest BCUT2D eigenvalue weighted by Crippen LogP contribution is -2.42. The van der Waals surface area contributed by atoms with Gasteiger partial charge in [-0.2, -0.15) is 5.10 Å². The number of halogens is 1. The van der Waals surface area contributed by atoms with Crippen molar-refractivity contribution in [1.29, 1.82) is 0 Å². The summed E-state index contributed by atoms with van der Waals surface area (Å²) in [6.07, 6.45) is 5.42. The molecule has 0 spiro atoms. The quantitative estimate of drug-likeness (QED) is 0.706. The SMILES string of the molecule is O=C(NCc1nc(-c2ccccn2)n[nH]1)C1(c2cccc(Cl)c2)CCCC1. The van der Waals surface area contributed by atoms with E-state index in [2.05, 4.69) is 25.5 Å². The van der Waals surface area contributed by atoms with Crippen molar-refractivity contribution >= 4 is 17.5 Å². The molecule has 0 aliphatic heterocycles. The average Bonchev–Trinajstić information content (AvgIpc) is 3.37. The Hall–Kier alpha value is -2.73. The summed E-state index contributed by atoms with van der Waals surface area (Å²) in [4.78, 5) is 21.8. The third-order valence-electron chi connectivity index (χ3n) is 5.11. The van der Waals surface area contributed by atoms with E-state index in [0.717, 1.165) is 31.2 Å². The van der Waals surface area contributed by atoms with Gasteiger partial charge in [0.2, 0.25) is 5.91 Å². The summed E-state index contributed by atoms with van der Waals surface area (Å²) in [5.41, 5.74) is 1.16. The number of carbonyl (C=O) groups excluding carboxylic acids is 1. The fourth-order valence-electron chi connectivity index (χ4n) is 3.73. The Kier molecular flexibility index (Phi) is 4.90. The van der Waals surface area contributed by atoms with Crippen molar-refractivity contribution < 1.29 is 4.79 Å². The van der Waals surface area contributed by atoms with Crippen LogP contribution in [0.15, 0.2) is 48.7 Å². The molecule has 0 bridgehead atoms. The first-order valence-corrected chi connectivity index (χ1v) is 9.42. The van der Waals surface area contributed by atoms with Crippen LogP contribution in [0.25, 0.3) is 11.5 Å². The Bertz CT molecular complexity index is 934. The lowest BCUT2D eigenvalue weighted by atomic mass is 9.78. The van der Waals surface area contributed by atoms with Crippen LogP contribution < -0.4 is 5.32 Å². The molecule has 138 valence electrons. The summed E-state index contributed by atoms with van der Waals surface area (Å²) in [5.74, 6) is 1.13. The van der Waals surface area contributed by atoms with Gasteiger partial charge < -0.3 is 5.32 Å². The topological polar surface area (TPSA) is 83.6 Å². The minimum Gasteiger partial charge on any atom is -0.348 e. The highest BCUT2D eigenvalue weighted by Crippen LogP contribution is 2.42. The Morgan fingerprint density at radius 2 is 2.04 bits per heavy atom. The number of rotatable bonds is 5. The largest absolute Gasteiger partial charge is 0.348 e. The summed E-state index contributed by atoms with van der Waals surface area (Å²) < 4.78 is 0. The van der Waals surface area contributed by atoms with Crippen molar-refractivity contribution in [3.63, 3.8) is 0 Å². The highest BCUT2D eigenvalue weighted by Gasteiger charge is 2.42. The maximum absolute atomic E-state index is 13.1. The molecule has 4 rings (SSSR count). The van der Waals surface area contributed by atoms with Gasteiger partial charge in [-0.1, -0.05) is 42.6 Å². The predicted molar refractivity (Wildman–Crippen MR) is 103 cm³/mol. The normalized spacial score (nSPS) is 15.6. The predicted octanol–water partition coefficient (Wildman–Crippen LogP) is 3.65. The third-order valence-corrected chi connectivity index (χ3v) is 5.35. The van der Waals surface area contributed by atoms with Gasteiger partial charge in [0.15, 0.2) is 5.82 Å². The summed E-state index contributed by atoms with van der Waals surface area (Å²) in [7, 11) is 0. The van der Waals surface area contributed by atoms with E-state index in [1.807, 2.05) is 42.5 Å². The molecule has 0 radical (unpaired) electrons. The number of benzene rings is 1. The van der Waals surface area contributed by atoms with Gasteiger partial charge in [-0.3, -0.25) is 14.9 Å². The molecule has 3 aromatic rings. The number of hydrogen-bond donors (Lipinski definition) is 2. The van der Waals surface area contributed by atoms with Crippen molar-refractivity contribution in [3.8, 4) is 11.5 Å². The molecule has 1 aliphatic rings. The van der Waals surface area contributed by atoms with Crippen molar-refractivity contribution in [2.24, 2.45) is 0 Å². The molecule has 2 N–H and O–H groups in total. The van der Waals surface area contributed by atoms with Crippen molar-refractivity contribution in [2.45, 2.75) is 37.6 Å². The lowest BCUT2D eigenvalue weighted by Gasteiger charge is -2.28. The van der Waals surface area contributed by atoms with Crippen molar-refractivity contribution in [3.05, 3.63) is 65.1 Å². The van der Waals surface area contributed by atoms with E-state index in [9.17, 15) is 4.79 Å². The van der Waals surface area contributed by atoms with Gasteiger partial charge in [0.1, 0.15) is 11.5 Å². The fourth-order valence-corrected chi connectivity index (χ4v) is 3.92. The van der Waals surface area contributed by atoms with Gasteiger partial charge in [-0.05, 0) is 42.7 Å². The van der Waals surface area contributed by atoms with E-state index in [0.29, 0.717) is 28.9 Å². The molecule has 0 saturated heterocycles. The molecule has 1 aliphatic carbocycles. The summed E-state index contributed by atoms with van der Waals surface area (Å²) in [6.45, 7) is 0.293. The highest BCUT2D eigenvalue weighted by molar-refractivity contribution is 6.30. The number of hydrogen-bond acceptors (Lipinski definition) is 4. The van der Waals surface area contributed by atoms with Crippen LogP contribution in [-0.2, 0) is 16.8 Å². The van der Waals surface area contributed by atoms with E-state index < -0.39 is 5.41 Å². The smallest absolute Gasteiger partial charge is 0.231 e. The molecule has 2 heterocycles. The number of pyridine rings is 1. The number of aromatic nitrogens is 4. The van der Waals surface area contributed by atoms with Crippen molar-refractivity contribution in [2.75, 3.05) is 0 Å². The standard InChI is InChI=1S/C20H20ClN5O/c21-15-7-5-6-14(12-15)20(9-2-3-10-20)19(27)23-13-17-24-18(26-25-17)16-8-1-4-11-22-16/h1,4-8,11-12H,2-3,9-10,13H2,(H,23,27)(H,24,25,26). The fraction of sp³-hybridized carbons (Fsp3) is 0.300. The zero-order chi connectivity index (χ0) is 18.7. The number of carbonyl (C=O) groups is 1. The summed E-state index contributed by atoms with van der Waals surface area (Å²) in [6, 6.07) is 13.2. The second-order valence-electron chi connectivity index (χ2n) is 6.80. The lowest BCUT2D eigenvalue weighted by molar-refractivity contribution is -0.126. The van der Waals surface area contributed by atoms with Crippen LogP contribution in [0.5, 0.6) is 0 Å². The molecular weight excluding hydrogens is 362 g/mol. The zero-order valence-corrected chi connectivity index (χ0v) is 15.5. The number of aromatic amines is 1. The molecule has 1 amide bonds. The molecule has 7 heteroatoms. The van der Waals surface area contributed by atoms with Gasteiger partial charge in [0.05, 0.1) is 12.0 Å². The molecule has 6 nitrogen and oxygen atoms in total. The Morgan fingerprint density at radius 1 is 1.19 bits per heavy atom. The molecule has 1 aromatic carbocycles. The molecule has 2 aromatic heterocycles. The summed E-state index contributed by atoms with van der Waals surface area (Å²) >= 11 is 6.16. The minimum absolute atomic E-state index is 0.0121. The first-order chi connectivity index (χ1) is 13.2. The van der Waals surface area contributed by atoms with E-state index in [1.165, 1.54) is 0 Å². The highest BCUT2D eigenvalue weighted by atomic mass is 35.5. The molecule has 27 heavy (non-hydrogen) atoms. The first kappa shape index (κ1) is 17.7. The third kappa shape index (κ3) is 3.57. The number of H-pyrrole nitrogens is 1. The summed E-state index contributed by atoms with van der Waals surface area (Å²) in [5, 5.41) is 10.7. The van der Waals surface area contributed by atoms with Gasteiger partial charge in [0, 0.05) is 11.2 Å². The molecule has 0 unspecified atom stereocenters. The second-order valence-corrected chi connectivity index (χ2v) is 7.24. The Labute approximate surface area is 162 Å². The van der Waals surface area contributed by atoms with Crippen LogP contribution in [0.2, 0.25) is 5.02 Å². The molecule has 0 atom stereocenters. The number of nitrogens with one attached hydrogen (secondary N) is 2. The van der Waals surface area contributed by atoms with E-state index in [-0.39, 0.29) is 5.91 Å². The molecule has 1 saturated carbocycles. The number of nitrogens with zero attached hydrogens (tertiary/aromatic N) is 3. The monoisotopic (exact) mass is 381 g/mol. The zero-order valence-electron chi connectivity index (χ0n) is 14.8. The Morgan fingerprint density at radius 3 is 2.78 bits per heavy atom. The molecular formula is C20H20ClN5O. The number of amides is 1. The van der Waals surface area contributed by atoms with Gasteiger partial charge in [-0.25, -0.2) is 4.98 Å². The van der Waals surface area contributed by atoms with Crippen LogP contribution in [0.1, 0.15) is 37.1 Å². The van der Waals surface area contributed by atoms with E-state index in [1.54, 1.807) is 6.20 Å². The van der Waals surface area contributed by atoms with Crippen molar-refractivity contribution in [1.82, 2.24) is 25.5 Å². The Balaban J connectivity index is 1.49. The maximum Gasteiger partial charge on any atom is 0.231 e. The van der Waals surface area contributed by atoms with Crippen LogP contribution in [0.3, 0.4) is 0 Å². The van der Waals surface area contributed by atoms with Gasteiger partial charge in [-0.15, -0.1) is 0 Å². The van der Waals surface area contributed by atoms with Crippen LogP contribution in [0, 0.1) is 0 Å². The van der Waals surface area contributed by atoms with Crippen LogP contribution in [-0.4, -0.2) is 26.1 Å². The van der Waals surface area contributed by atoms with Crippen LogP contribution in [0.4, 0.5) is 0 Å². The average molecular weight is 382 g/mol. The minimum atomic E-state index is -0.519. The van der Waals surface area contributed by atoms with E-state index in [4.69, 9.17) is 11.6 Å². The van der Waals surface area contributed by atoms with Crippen LogP contribution >= 0.6 is 11.6 Å². The first-order valence-electron chi connectivity index (χ1n) is 9.04. The molecule has 1 fully saturated rings. The second kappa shape index (κ2) is 7.48. The maximum atomic E-state index is 13.1. The van der Waals surface area contributed by atoms with Gasteiger partial charge in [0.25, 0.3) is 0 Å². The van der Waals surface area contributed by atoms with Gasteiger partial charge >= 0.3 is 0 Å². The van der Waals surface area contributed by atoms with E-state index >= 15 is 0 Å².